The van der Waals surface area contributed by atoms with E-state index in [4.69, 9.17) is 4.74 Å². The van der Waals surface area contributed by atoms with Gasteiger partial charge in [0.25, 0.3) is 5.91 Å². The molecule has 0 saturated carbocycles. The summed E-state index contributed by atoms with van der Waals surface area (Å²) in [5.74, 6) is 0.846. The van der Waals surface area contributed by atoms with Crippen LogP contribution in [0.25, 0.3) is 0 Å². The zero-order valence-corrected chi connectivity index (χ0v) is 16.1. The van der Waals surface area contributed by atoms with E-state index < -0.39 is 0 Å². The zero-order chi connectivity index (χ0) is 17.0. The number of carbonyl (C=O) groups excluding carboxylic acids is 1. The standard InChI is InChI=1S/C19H29N3O2.ClH/c1-16-3-5-17(6-4-16)24-13-18(23)22-11-9-21(10-12-22)15-19(2)7-8-20-14-19;/h3-6,20H,7-15H2,1-2H3;1H. The molecule has 1 N–H and O–H groups in total. The largest absolute Gasteiger partial charge is 0.484 e. The lowest BCUT2D eigenvalue weighted by atomic mass is 9.89. The van der Waals surface area contributed by atoms with E-state index >= 15 is 0 Å². The molecule has 2 fully saturated rings. The molecule has 0 aliphatic carbocycles. The van der Waals surface area contributed by atoms with Crippen LogP contribution >= 0.6 is 12.4 Å². The van der Waals surface area contributed by atoms with Crippen LogP contribution in [-0.2, 0) is 4.79 Å². The summed E-state index contributed by atoms with van der Waals surface area (Å²) in [6, 6.07) is 7.82. The van der Waals surface area contributed by atoms with Crippen LogP contribution in [0.5, 0.6) is 5.75 Å². The van der Waals surface area contributed by atoms with Gasteiger partial charge in [0.1, 0.15) is 5.75 Å². The Morgan fingerprint density at radius 2 is 1.88 bits per heavy atom. The summed E-state index contributed by atoms with van der Waals surface area (Å²) in [5, 5.41) is 3.46. The number of piperazine rings is 1. The van der Waals surface area contributed by atoms with E-state index in [0.29, 0.717) is 5.41 Å². The van der Waals surface area contributed by atoms with Crippen LogP contribution in [0.2, 0.25) is 0 Å². The highest BCUT2D eigenvalue weighted by Gasteiger charge is 2.32. The van der Waals surface area contributed by atoms with Gasteiger partial charge in [0.2, 0.25) is 0 Å². The minimum absolute atomic E-state index is 0. The van der Waals surface area contributed by atoms with Gasteiger partial charge in [-0.3, -0.25) is 9.69 Å². The lowest BCUT2D eigenvalue weighted by molar-refractivity contribution is -0.135. The molecule has 2 aliphatic rings. The fraction of sp³-hybridized carbons (Fsp3) is 0.632. The fourth-order valence-corrected chi connectivity index (χ4v) is 3.57. The Balaban J connectivity index is 0.00000225. The van der Waals surface area contributed by atoms with Gasteiger partial charge in [-0.15, -0.1) is 12.4 Å². The van der Waals surface area contributed by atoms with Crippen molar-refractivity contribution in [2.75, 3.05) is 52.4 Å². The van der Waals surface area contributed by atoms with E-state index in [-0.39, 0.29) is 24.9 Å². The zero-order valence-electron chi connectivity index (χ0n) is 15.3. The first-order valence-corrected chi connectivity index (χ1v) is 8.94. The minimum Gasteiger partial charge on any atom is -0.484 e. The molecule has 1 aromatic carbocycles. The van der Waals surface area contributed by atoms with Gasteiger partial charge in [-0.05, 0) is 37.4 Å². The normalized spacial score (nSPS) is 24.0. The Labute approximate surface area is 157 Å². The molecule has 1 amide bonds. The predicted octanol–water partition coefficient (Wildman–Crippen LogP) is 1.94. The summed E-state index contributed by atoms with van der Waals surface area (Å²) in [4.78, 5) is 16.8. The number of hydrogen-bond acceptors (Lipinski definition) is 4. The second kappa shape index (κ2) is 8.88. The number of benzene rings is 1. The number of aryl methyl sites for hydroxylation is 1. The lowest BCUT2D eigenvalue weighted by Crippen LogP contribution is -2.52. The van der Waals surface area contributed by atoms with E-state index in [9.17, 15) is 4.79 Å². The van der Waals surface area contributed by atoms with Crippen LogP contribution in [0.4, 0.5) is 0 Å². The molecule has 0 radical (unpaired) electrons. The van der Waals surface area contributed by atoms with Crippen molar-refractivity contribution < 1.29 is 9.53 Å². The van der Waals surface area contributed by atoms with Crippen LogP contribution in [0.15, 0.2) is 24.3 Å². The number of nitrogens with zero attached hydrogens (tertiary/aromatic N) is 2. The highest BCUT2D eigenvalue weighted by atomic mass is 35.5. The van der Waals surface area contributed by atoms with E-state index in [2.05, 4.69) is 17.1 Å². The third-order valence-corrected chi connectivity index (χ3v) is 5.17. The van der Waals surface area contributed by atoms with Gasteiger partial charge in [0.15, 0.2) is 6.61 Å². The Kier molecular flexibility index (Phi) is 7.11. The van der Waals surface area contributed by atoms with Crippen LogP contribution in [0.3, 0.4) is 0 Å². The summed E-state index contributed by atoms with van der Waals surface area (Å²) in [5.41, 5.74) is 1.58. The average molecular weight is 368 g/mol. The number of nitrogens with one attached hydrogen (secondary N) is 1. The van der Waals surface area contributed by atoms with Crippen LogP contribution in [-0.4, -0.2) is 68.1 Å². The average Bonchev–Trinajstić information content (AvgIpc) is 3.01. The molecule has 0 aromatic heterocycles. The Hall–Kier alpha value is -1.30. The van der Waals surface area contributed by atoms with Crippen molar-refractivity contribution in [1.29, 1.82) is 0 Å². The van der Waals surface area contributed by atoms with Crippen LogP contribution in [0.1, 0.15) is 18.9 Å². The van der Waals surface area contributed by atoms with Crippen molar-refractivity contribution in [3.05, 3.63) is 29.8 Å². The molecule has 25 heavy (non-hydrogen) atoms. The van der Waals surface area contributed by atoms with Crippen LogP contribution in [0, 0.1) is 12.3 Å². The van der Waals surface area contributed by atoms with Gasteiger partial charge in [0.05, 0.1) is 0 Å². The van der Waals surface area contributed by atoms with Crippen molar-refractivity contribution in [2.45, 2.75) is 20.3 Å². The predicted molar refractivity (Wildman–Crippen MR) is 103 cm³/mol. The van der Waals surface area contributed by atoms with Gasteiger partial charge in [-0.1, -0.05) is 24.6 Å². The maximum absolute atomic E-state index is 12.3. The smallest absolute Gasteiger partial charge is 0.260 e. The third-order valence-electron chi connectivity index (χ3n) is 5.17. The highest BCUT2D eigenvalue weighted by Crippen LogP contribution is 2.26. The van der Waals surface area contributed by atoms with Gasteiger partial charge in [-0.2, -0.15) is 0 Å². The molecule has 0 bridgehead atoms. The lowest BCUT2D eigenvalue weighted by Gasteiger charge is -2.38. The molecule has 6 heteroatoms. The first kappa shape index (κ1) is 20.0. The molecule has 140 valence electrons. The van der Waals surface area contributed by atoms with Gasteiger partial charge in [0, 0.05) is 39.3 Å². The molecule has 2 heterocycles. The number of hydrogen-bond donors (Lipinski definition) is 1. The van der Waals surface area contributed by atoms with Crippen molar-refractivity contribution in [3.8, 4) is 5.75 Å². The summed E-state index contributed by atoms with van der Waals surface area (Å²) in [6.45, 7) is 11.4. The number of carbonyl (C=O) groups is 1. The molecule has 5 nitrogen and oxygen atoms in total. The molecule has 2 saturated heterocycles. The quantitative estimate of drug-likeness (QED) is 0.863. The van der Waals surface area contributed by atoms with Crippen molar-refractivity contribution in [2.24, 2.45) is 5.41 Å². The van der Waals surface area contributed by atoms with Gasteiger partial charge in [-0.25, -0.2) is 0 Å². The Morgan fingerprint density at radius 1 is 1.20 bits per heavy atom. The molecule has 2 aliphatic heterocycles. The summed E-state index contributed by atoms with van der Waals surface area (Å²) in [7, 11) is 0. The summed E-state index contributed by atoms with van der Waals surface area (Å²) >= 11 is 0. The second-order valence-electron chi connectivity index (χ2n) is 7.50. The number of halogens is 1. The maximum Gasteiger partial charge on any atom is 0.260 e. The third kappa shape index (κ3) is 5.59. The number of amides is 1. The van der Waals surface area contributed by atoms with Gasteiger partial charge >= 0.3 is 0 Å². The molecule has 3 rings (SSSR count). The molecule has 1 unspecified atom stereocenters. The molecule has 1 atom stereocenters. The Bertz CT molecular complexity index is 550. The second-order valence-corrected chi connectivity index (χ2v) is 7.50. The SMILES string of the molecule is Cc1ccc(OCC(=O)N2CCN(CC3(C)CCNC3)CC2)cc1.Cl. The topological polar surface area (TPSA) is 44.8 Å². The van der Waals surface area contributed by atoms with E-state index in [1.807, 2.05) is 36.1 Å². The van der Waals surface area contributed by atoms with Gasteiger partial charge < -0.3 is 15.0 Å². The van der Waals surface area contributed by atoms with Crippen molar-refractivity contribution in [1.82, 2.24) is 15.1 Å². The fourth-order valence-electron chi connectivity index (χ4n) is 3.57. The van der Waals surface area contributed by atoms with E-state index in [0.717, 1.165) is 51.6 Å². The molecule has 1 aromatic rings. The van der Waals surface area contributed by atoms with Crippen LogP contribution < -0.4 is 10.1 Å². The minimum atomic E-state index is 0. The summed E-state index contributed by atoms with van der Waals surface area (Å²) in [6.07, 6.45) is 1.25. The Morgan fingerprint density at radius 3 is 2.48 bits per heavy atom. The molecular weight excluding hydrogens is 338 g/mol. The molecule has 0 spiro atoms. The maximum atomic E-state index is 12.3. The first-order chi connectivity index (χ1) is 11.5. The van der Waals surface area contributed by atoms with E-state index in [1.165, 1.54) is 12.0 Å². The number of ether oxygens (including phenoxy) is 1. The number of rotatable bonds is 5. The van der Waals surface area contributed by atoms with Crippen molar-refractivity contribution >= 4 is 18.3 Å². The first-order valence-electron chi connectivity index (χ1n) is 8.94. The highest BCUT2D eigenvalue weighted by molar-refractivity contribution is 5.85. The van der Waals surface area contributed by atoms with Crippen molar-refractivity contribution in [3.63, 3.8) is 0 Å². The van der Waals surface area contributed by atoms with E-state index in [1.54, 1.807) is 0 Å². The summed E-state index contributed by atoms with van der Waals surface area (Å²) < 4.78 is 5.61. The molecular formula is C19H30ClN3O2. The monoisotopic (exact) mass is 367 g/mol.